The monoisotopic (exact) mass is 199 g/mol. The molecule has 0 rings (SSSR count). The molecule has 84 valence electrons. The molecule has 0 heterocycles. The predicted molar refractivity (Wildman–Crippen MR) is 61.3 cm³/mol. The van der Waals surface area contributed by atoms with Crippen molar-refractivity contribution in [3.63, 3.8) is 0 Å². The lowest BCUT2D eigenvalue weighted by molar-refractivity contribution is -0.119. The summed E-state index contributed by atoms with van der Waals surface area (Å²) in [6.45, 7) is 2.92. The van der Waals surface area contributed by atoms with E-state index in [-0.39, 0.29) is 0 Å². The van der Waals surface area contributed by atoms with Gasteiger partial charge in [0.2, 0.25) is 0 Å². The van der Waals surface area contributed by atoms with E-state index in [9.17, 15) is 4.79 Å². The summed E-state index contributed by atoms with van der Waals surface area (Å²) in [6, 6.07) is 0. The van der Waals surface area contributed by atoms with Gasteiger partial charge in [-0.15, -0.1) is 0 Å². The molecule has 2 heteroatoms. The zero-order chi connectivity index (χ0) is 10.6. The maximum atomic E-state index is 11.3. The van der Waals surface area contributed by atoms with Gasteiger partial charge in [0.05, 0.1) is 0 Å². The maximum absolute atomic E-state index is 11.3. The zero-order valence-electron chi connectivity index (χ0n) is 9.56. The fraction of sp³-hybridized carbons (Fsp3) is 0.917. The Bertz CT molecular complexity index is 134. The van der Waals surface area contributed by atoms with Gasteiger partial charge < -0.3 is 5.73 Å². The Morgan fingerprint density at radius 2 is 1.50 bits per heavy atom. The molecular weight excluding hydrogens is 174 g/mol. The number of Topliss-reactive ketones (excluding diaryl/α,β-unsaturated/α-hetero) is 1. The molecule has 0 bridgehead atoms. The molecule has 14 heavy (non-hydrogen) atoms. The van der Waals surface area contributed by atoms with Crippen LogP contribution in [0.15, 0.2) is 0 Å². The van der Waals surface area contributed by atoms with E-state index in [1.54, 1.807) is 0 Å². The Morgan fingerprint density at radius 1 is 0.929 bits per heavy atom. The quantitative estimate of drug-likeness (QED) is 0.549. The average Bonchev–Trinajstić information content (AvgIpc) is 2.18. The van der Waals surface area contributed by atoms with Gasteiger partial charge in [-0.05, 0) is 25.8 Å². The normalized spacial score (nSPS) is 10.4. The summed E-state index contributed by atoms with van der Waals surface area (Å²) in [6.07, 6.45) is 9.65. The van der Waals surface area contributed by atoms with E-state index in [1.165, 1.54) is 25.7 Å². The molecule has 0 amide bonds. The molecule has 0 fully saturated rings. The molecule has 0 radical (unpaired) electrons. The number of rotatable bonds is 10. The van der Waals surface area contributed by atoms with Crippen molar-refractivity contribution in [2.45, 2.75) is 64.7 Å². The summed E-state index contributed by atoms with van der Waals surface area (Å²) in [4.78, 5) is 11.3. The van der Waals surface area contributed by atoms with Gasteiger partial charge in [0, 0.05) is 12.8 Å². The van der Waals surface area contributed by atoms with Crippen molar-refractivity contribution in [3.8, 4) is 0 Å². The standard InChI is InChI=1S/C12H25NO/c1-2-3-4-5-6-9-12(14)10-7-8-11-13/h2-11,13H2,1H3. The molecule has 0 aliphatic carbocycles. The van der Waals surface area contributed by atoms with Crippen LogP contribution in [0, 0.1) is 0 Å². The Morgan fingerprint density at radius 3 is 2.07 bits per heavy atom. The summed E-state index contributed by atoms with van der Waals surface area (Å²) < 4.78 is 0. The molecule has 0 saturated carbocycles. The highest BCUT2D eigenvalue weighted by Crippen LogP contribution is 2.07. The summed E-state index contributed by atoms with van der Waals surface area (Å²) in [5, 5.41) is 0. The SMILES string of the molecule is CCCCCCCC(=O)CCCCN. The number of hydrogen-bond donors (Lipinski definition) is 1. The molecule has 0 aromatic carbocycles. The van der Waals surface area contributed by atoms with Crippen molar-refractivity contribution >= 4 is 5.78 Å². The van der Waals surface area contributed by atoms with E-state index in [0.29, 0.717) is 12.3 Å². The lowest BCUT2D eigenvalue weighted by Gasteiger charge is -2.00. The second-order valence-corrected chi connectivity index (χ2v) is 3.95. The molecule has 0 unspecified atom stereocenters. The lowest BCUT2D eigenvalue weighted by atomic mass is 10.1. The van der Waals surface area contributed by atoms with Crippen LogP contribution in [0.1, 0.15) is 64.7 Å². The zero-order valence-corrected chi connectivity index (χ0v) is 9.56. The Hall–Kier alpha value is -0.370. The molecule has 2 N–H and O–H groups in total. The minimum Gasteiger partial charge on any atom is -0.330 e. The largest absolute Gasteiger partial charge is 0.330 e. The third kappa shape index (κ3) is 9.72. The first-order valence-electron chi connectivity index (χ1n) is 6.03. The summed E-state index contributed by atoms with van der Waals surface area (Å²) in [5.41, 5.74) is 5.36. The first-order valence-corrected chi connectivity index (χ1v) is 6.03. The molecule has 0 aromatic heterocycles. The summed E-state index contributed by atoms with van der Waals surface area (Å²) in [5.74, 6) is 0.426. The second kappa shape index (κ2) is 10.7. The number of ketones is 1. The molecule has 0 aliphatic heterocycles. The first-order chi connectivity index (χ1) is 6.81. The van der Waals surface area contributed by atoms with Crippen LogP contribution in [-0.4, -0.2) is 12.3 Å². The lowest BCUT2D eigenvalue weighted by Crippen LogP contribution is -2.02. The molecule has 0 atom stereocenters. The van der Waals surface area contributed by atoms with Gasteiger partial charge in [0.15, 0.2) is 0 Å². The number of hydrogen-bond acceptors (Lipinski definition) is 2. The van der Waals surface area contributed by atoms with Crippen LogP contribution >= 0.6 is 0 Å². The highest BCUT2D eigenvalue weighted by atomic mass is 16.1. The van der Waals surface area contributed by atoms with Crippen molar-refractivity contribution in [2.75, 3.05) is 6.54 Å². The van der Waals surface area contributed by atoms with Crippen LogP contribution in [0.2, 0.25) is 0 Å². The van der Waals surface area contributed by atoms with E-state index in [1.807, 2.05) is 0 Å². The molecule has 2 nitrogen and oxygen atoms in total. The molecule has 0 aliphatic rings. The summed E-state index contributed by atoms with van der Waals surface area (Å²) in [7, 11) is 0. The van der Waals surface area contributed by atoms with Crippen molar-refractivity contribution in [3.05, 3.63) is 0 Å². The first kappa shape index (κ1) is 13.6. The number of carbonyl (C=O) groups excluding carboxylic acids is 1. The molecule has 0 saturated heterocycles. The van der Waals surface area contributed by atoms with Gasteiger partial charge in [-0.3, -0.25) is 4.79 Å². The fourth-order valence-corrected chi connectivity index (χ4v) is 1.52. The maximum Gasteiger partial charge on any atom is 0.132 e. The van der Waals surface area contributed by atoms with Gasteiger partial charge in [-0.2, -0.15) is 0 Å². The Labute approximate surface area is 88.3 Å². The van der Waals surface area contributed by atoms with Gasteiger partial charge in [-0.1, -0.05) is 32.6 Å². The third-order valence-electron chi connectivity index (χ3n) is 2.47. The third-order valence-corrected chi connectivity index (χ3v) is 2.47. The Kier molecular flexibility index (Phi) is 10.4. The molecule has 0 spiro atoms. The van der Waals surface area contributed by atoms with Gasteiger partial charge in [0.1, 0.15) is 5.78 Å². The predicted octanol–water partition coefficient (Wildman–Crippen LogP) is 3.05. The van der Waals surface area contributed by atoms with Gasteiger partial charge >= 0.3 is 0 Å². The smallest absolute Gasteiger partial charge is 0.132 e. The highest BCUT2D eigenvalue weighted by molar-refractivity contribution is 5.78. The fourth-order valence-electron chi connectivity index (χ4n) is 1.52. The average molecular weight is 199 g/mol. The van der Waals surface area contributed by atoms with Gasteiger partial charge in [-0.25, -0.2) is 0 Å². The minimum atomic E-state index is 0.426. The Balaban J connectivity index is 3.10. The summed E-state index contributed by atoms with van der Waals surface area (Å²) >= 11 is 0. The van der Waals surface area contributed by atoms with Gasteiger partial charge in [0.25, 0.3) is 0 Å². The number of nitrogens with two attached hydrogens (primary N) is 1. The van der Waals surface area contributed by atoms with E-state index < -0.39 is 0 Å². The topological polar surface area (TPSA) is 43.1 Å². The van der Waals surface area contributed by atoms with E-state index in [0.717, 1.165) is 32.1 Å². The van der Waals surface area contributed by atoms with Crippen LogP contribution in [0.4, 0.5) is 0 Å². The van der Waals surface area contributed by atoms with Crippen LogP contribution in [-0.2, 0) is 4.79 Å². The van der Waals surface area contributed by atoms with Crippen LogP contribution in [0.25, 0.3) is 0 Å². The molecular formula is C12H25NO. The molecule has 0 aromatic rings. The van der Waals surface area contributed by atoms with Crippen molar-refractivity contribution in [1.29, 1.82) is 0 Å². The highest BCUT2D eigenvalue weighted by Gasteiger charge is 2.00. The minimum absolute atomic E-state index is 0.426. The van der Waals surface area contributed by atoms with Crippen LogP contribution in [0.3, 0.4) is 0 Å². The van der Waals surface area contributed by atoms with Crippen molar-refractivity contribution in [1.82, 2.24) is 0 Å². The number of unbranched alkanes of at least 4 members (excludes halogenated alkanes) is 5. The van der Waals surface area contributed by atoms with E-state index in [2.05, 4.69) is 6.92 Å². The second-order valence-electron chi connectivity index (χ2n) is 3.95. The van der Waals surface area contributed by atoms with Crippen LogP contribution in [0.5, 0.6) is 0 Å². The van der Waals surface area contributed by atoms with Crippen molar-refractivity contribution < 1.29 is 4.79 Å². The van der Waals surface area contributed by atoms with E-state index in [4.69, 9.17) is 5.73 Å². The van der Waals surface area contributed by atoms with Crippen molar-refractivity contribution in [2.24, 2.45) is 5.73 Å². The number of carbonyl (C=O) groups is 1. The van der Waals surface area contributed by atoms with Crippen LogP contribution < -0.4 is 5.73 Å². The van der Waals surface area contributed by atoms with E-state index >= 15 is 0 Å².